The topological polar surface area (TPSA) is 64.9 Å². The number of aryl methyl sites for hydroxylation is 1. The van der Waals surface area contributed by atoms with Gasteiger partial charge in [0, 0.05) is 6.42 Å². The summed E-state index contributed by atoms with van der Waals surface area (Å²) in [5.41, 5.74) is 5.39. The molecule has 82 valence electrons. The van der Waals surface area contributed by atoms with Crippen LogP contribution in [-0.4, -0.2) is 16.7 Å². The zero-order valence-corrected chi connectivity index (χ0v) is 9.68. The highest BCUT2D eigenvalue weighted by atomic mass is 35.5. The van der Waals surface area contributed by atoms with Crippen LogP contribution in [0.3, 0.4) is 0 Å². The van der Waals surface area contributed by atoms with E-state index in [1.165, 1.54) is 0 Å². The van der Waals surface area contributed by atoms with Crippen molar-refractivity contribution in [2.24, 2.45) is 5.73 Å². The maximum atomic E-state index is 5.46. The molecule has 0 aromatic carbocycles. The molecule has 0 atom stereocenters. The summed E-state index contributed by atoms with van der Waals surface area (Å²) < 4.78 is 5.46. The lowest BCUT2D eigenvalue weighted by molar-refractivity contribution is 0.500. The van der Waals surface area contributed by atoms with Crippen LogP contribution in [0, 0.1) is 0 Å². The number of thiophene rings is 1. The monoisotopic (exact) mass is 245 g/mol. The maximum Gasteiger partial charge on any atom is 0.257 e. The molecule has 2 heterocycles. The van der Waals surface area contributed by atoms with Gasteiger partial charge in [-0.25, -0.2) is 0 Å². The number of aromatic nitrogens is 2. The number of hydrogen-bond donors (Lipinski definition) is 1. The Balaban J connectivity index is 0.00000112. The Kier molecular flexibility index (Phi) is 4.74. The summed E-state index contributed by atoms with van der Waals surface area (Å²) >= 11 is 1.59. The van der Waals surface area contributed by atoms with Gasteiger partial charge in [0.15, 0.2) is 0 Å². The molecule has 2 N–H and O–H groups in total. The zero-order valence-electron chi connectivity index (χ0n) is 8.05. The van der Waals surface area contributed by atoms with Crippen LogP contribution in [0.2, 0.25) is 0 Å². The highest BCUT2D eigenvalue weighted by Gasteiger charge is 2.08. The Bertz CT molecular complexity index is 388. The van der Waals surface area contributed by atoms with E-state index in [-0.39, 0.29) is 12.4 Å². The van der Waals surface area contributed by atoms with E-state index in [0.717, 1.165) is 17.7 Å². The van der Waals surface area contributed by atoms with Crippen LogP contribution >= 0.6 is 23.7 Å². The molecule has 0 aliphatic carbocycles. The highest BCUT2D eigenvalue weighted by molar-refractivity contribution is 7.13. The number of hydrogen-bond acceptors (Lipinski definition) is 5. The average Bonchev–Trinajstić information content (AvgIpc) is 2.85. The van der Waals surface area contributed by atoms with Crippen molar-refractivity contribution in [3.05, 3.63) is 23.4 Å². The van der Waals surface area contributed by atoms with Crippen LogP contribution in [0.1, 0.15) is 12.3 Å². The summed E-state index contributed by atoms with van der Waals surface area (Å²) in [5, 5.41) is 9.89. The summed E-state index contributed by atoms with van der Waals surface area (Å²) in [4.78, 5) is 1.01. The van der Waals surface area contributed by atoms with E-state index in [4.69, 9.17) is 10.2 Å². The molecule has 0 amide bonds. The van der Waals surface area contributed by atoms with Crippen LogP contribution in [0.4, 0.5) is 0 Å². The molecule has 6 heteroatoms. The van der Waals surface area contributed by atoms with Gasteiger partial charge < -0.3 is 10.2 Å². The smallest absolute Gasteiger partial charge is 0.257 e. The molecule has 0 unspecified atom stereocenters. The van der Waals surface area contributed by atoms with E-state index in [9.17, 15) is 0 Å². The minimum absolute atomic E-state index is 0. The van der Waals surface area contributed by atoms with Gasteiger partial charge in [0.2, 0.25) is 5.89 Å². The number of nitrogens with zero attached hydrogens (tertiary/aromatic N) is 2. The fourth-order valence-corrected chi connectivity index (χ4v) is 1.75. The third-order valence-corrected chi connectivity index (χ3v) is 2.65. The van der Waals surface area contributed by atoms with Gasteiger partial charge in [-0.15, -0.1) is 33.9 Å². The normalized spacial score (nSPS) is 9.93. The Morgan fingerprint density at radius 2 is 2.27 bits per heavy atom. The molecule has 4 nitrogen and oxygen atoms in total. The van der Waals surface area contributed by atoms with Crippen LogP contribution in [0.15, 0.2) is 21.9 Å². The Labute approximate surface area is 97.9 Å². The molecule has 0 aliphatic heterocycles. The van der Waals surface area contributed by atoms with Crippen molar-refractivity contribution in [3.8, 4) is 10.8 Å². The van der Waals surface area contributed by atoms with E-state index >= 15 is 0 Å². The first-order chi connectivity index (χ1) is 6.90. The molecular formula is C9H12ClN3OS. The van der Waals surface area contributed by atoms with Crippen molar-refractivity contribution in [1.29, 1.82) is 0 Å². The molecule has 0 fully saturated rings. The first kappa shape index (κ1) is 12.2. The van der Waals surface area contributed by atoms with Crippen LogP contribution < -0.4 is 5.73 Å². The van der Waals surface area contributed by atoms with Gasteiger partial charge in [0.1, 0.15) is 0 Å². The molecule has 0 bridgehead atoms. The first-order valence-electron chi connectivity index (χ1n) is 4.46. The molecule has 0 radical (unpaired) electrons. The molecule has 0 spiro atoms. The highest BCUT2D eigenvalue weighted by Crippen LogP contribution is 2.22. The molecule has 0 aliphatic rings. The molecule has 0 saturated heterocycles. The summed E-state index contributed by atoms with van der Waals surface area (Å²) in [6, 6.07) is 3.93. The van der Waals surface area contributed by atoms with E-state index in [1.54, 1.807) is 11.3 Å². The third-order valence-electron chi connectivity index (χ3n) is 1.79. The van der Waals surface area contributed by atoms with Gasteiger partial charge in [0.05, 0.1) is 4.88 Å². The van der Waals surface area contributed by atoms with E-state index in [1.807, 2.05) is 17.5 Å². The maximum absolute atomic E-state index is 5.46. The Hall–Kier alpha value is -0.910. The minimum Gasteiger partial charge on any atom is -0.420 e. The second-order valence-corrected chi connectivity index (χ2v) is 3.82. The molecule has 0 saturated carbocycles. The fourth-order valence-electron chi connectivity index (χ4n) is 1.11. The zero-order chi connectivity index (χ0) is 9.80. The van der Waals surface area contributed by atoms with Gasteiger partial charge in [-0.2, -0.15) is 0 Å². The first-order valence-corrected chi connectivity index (χ1v) is 5.34. The van der Waals surface area contributed by atoms with E-state index < -0.39 is 0 Å². The molecule has 15 heavy (non-hydrogen) atoms. The lowest BCUT2D eigenvalue weighted by Crippen LogP contribution is -2.00. The second kappa shape index (κ2) is 5.85. The van der Waals surface area contributed by atoms with Crippen LogP contribution in [0.5, 0.6) is 0 Å². The van der Waals surface area contributed by atoms with Gasteiger partial charge in [0.25, 0.3) is 5.89 Å². The van der Waals surface area contributed by atoms with E-state index in [2.05, 4.69) is 10.2 Å². The standard InChI is InChI=1S/C9H11N3OS.ClH/c10-5-1-4-8-11-12-9(13-8)7-3-2-6-14-7;/h2-3,6H,1,4-5,10H2;1H. The Morgan fingerprint density at radius 3 is 2.93 bits per heavy atom. The number of nitrogens with two attached hydrogens (primary N) is 1. The minimum atomic E-state index is 0. The van der Waals surface area contributed by atoms with Crippen LogP contribution in [-0.2, 0) is 6.42 Å². The fraction of sp³-hybridized carbons (Fsp3) is 0.333. The van der Waals surface area contributed by atoms with Gasteiger partial charge in [-0.05, 0) is 24.4 Å². The number of halogens is 1. The van der Waals surface area contributed by atoms with Gasteiger partial charge >= 0.3 is 0 Å². The van der Waals surface area contributed by atoms with Crippen molar-refractivity contribution >= 4 is 23.7 Å². The summed E-state index contributed by atoms with van der Waals surface area (Å²) in [7, 11) is 0. The molecule has 2 rings (SSSR count). The van der Waals surface area contributed by atoms with Crippen molar-refractivity contribution in [3.63, 3.8) is 0 Å². The lowest BCUT2D eigenvalue weighted by atomic mass is 10.3. The third kappa shape index (κ3) is 3.02. The molecule has 2 aromatic heterocycles. The van der Waals surface area contributed by atoms with Crippen molar-refractivity contribution in [2.75, 3.05) is 6.54 Å². The largest absolute Gasteiger partial charge is 0.420 e. The average molecular weight is 246 g/mol. The van der Waals surface area contributed by atoms with E-state index in [0.29, 0.717) is 18.3 Å². The summed E-state index contributed by atoms with van der Waals surface area (Å²) in [6.45, 7) is 0.650. The van der Waals surface area contributed by atoms with Crippen LogP contribution in [0.25, 0.3) is 10.8 Å². The predicted octanol–water partition coefficient (Wildman–Crippen LogP) is 2.11. The summed E-state index contributed by atoms with van der Waals surface area (Å²) in [5.74, 6) is 1.27. The van der Waals surface area contributed by atoms with Crippen molar-refractivity contribution in [1.82, 2.24) is 10.2 Å². The quantitative estimate of drug-likeness (QED) is 0.896. The lowest BCUT2D eigenvalue weighted by Gasteiger charge is -1.89. The van der Waals surface area contributed by atoms with Gasteiger partial charge in [-0.3, -0.25) is 0 Å². The molecule has 2 aromatic rings. The van der Waals surface area contributed by atoms with Crippen molar-refractivity contribution < 1.29 is 4.42 Å². The predicted molar refractivity (Wildman–Crippen MR) is 62.2 cm³/mol. The SMILES string of the molecule is Cl.NCCCc1nnc(-c2cccs2)o1. The van der Waals surface area contributed by atoms with Crippen molar-refractivity contribution in [2.45, 2.75) is 12.8 Å². The second-order valence-electron chi connectivity index (χ2n) is 2.87. The van der Waals surface area contributed by atoms with Gasteiger partial charge in [-0.1, -0.05) is 6.07 Å². The number of rotatable bonds is 4. The molecular weight excluding hydrogens is 234 g/mol. The Morgan fingerprint density at radius 1 is 1.40 bits per heavy atom. The summed E-state index contributed by atoms with van der Waals surface area (Å²) in [6.07, 6.45) is 1.64.